The minimum absolute atomic E-state index is 0.0565. The second kappa shape index (κ2) is 12.2. The van der Waals surface area contributed by atoms with Crippen molar-refractivity contribution in [2.45, 2.75) is 90.1 Å². The van der Waals surface area contributed by atoms with E-state index in [1.165, 1.54) is 30.3 Å². The number of ether oxygens (including phenoxy) is 2. The summed E-state index contributed by atoms with van der Waals surface area (Å²) in [5.74, 6) is -1.42. The van der Waals surface area contributed by atoms with Gasteiger partial charge in [0.05, 0.1) is 52.9 Å². The number of hydrogen-bond acceptors (Lipinski definition) is 12. The number of Topliss-reactive ketones (excluding diaryl/α,β-unsaturated/α-hetero) is 1. The van der Waals surface area contributed by atoms with E-state index in [0.29, 0.717) is 49.2 Å². The maximum absolute atomic E-state index is 13.9. The van der Waals surface area contributed by atoms with Crippen LogP contribution in [0.5, 0.6) is 0 Å². The van der Waals surface area contributed by atoms with Gasteiger partial charge in [0.1, 0.15) is 5.69 Å². The maximum atomic E-state index is 13.9. The minimum atomic E-state index is -1.20. The lowest BCUT2D eigenvalue weighted by Gasteiger charge is -2.72. The molecule has 9 rings (SSSR count). The molecule has 2 aromatic rings. The summed E-state index contributed by atoms with van der Waals surface area (Å²) in [7, 11) is 0. The zero-order chi connectivity index (χ0) is 36.0. The summed E-state index contributed by atoms with van der Waals surface area (Å²) in [6, 6.07) is 5.71. The molecule has 2 N–H and O–H groups in total. The number of aliphatic hydroxyl groups excluding tert-OH is 2. The first kappa shape index (κ1) is 34.3. The summed E-state index contributed by atoms with van der Waals surface area (Å²) in [5, 5.41) is 42.2. The summed E-state index contributed by atoms with van der Waals surface area (Å²) >= 11 is 0.795. The summed E-state index contributed by atoms with van der Waals surface area (Å²) in [5.41, 5.74) is -0.557. The quantitative estimate of drug-likeness (QED) is 0.163. The number of nitro benzene ring substituents is 1. The van der Waals surface area contributed by atoms with Gasteiger partial charge in [-0.15, -0.1) is 5.10 Å². The Bertz CT molecular complexity index is 1860. The van der Waals surface area contributed by atoms with Gasteiger partial charge in [0.2, 0.25) is 0 Å². The van der Waals surface area contributed by atoms with Crippen LogP contribution in [0, 0.1) is 44.1 Å². The number of carbonyl (C=O) groups excluding carboxylic acids is 3. The summed E-state index contributed by atoms with van der Waals surface area (Å²) in [4.78, 5) is 51.4. The first-order valence-electron chi connectivity index (χ1n) is 17.5. The van der Waals surface area contributed by atoms with Gasteiger partial charge in [-0.05, 0) is 84.5 Å². The number of ketones is 1. The fourth-order valence-corrected chi connectivity index (χ4v) is 11.5. The SMILES string of the molecule is C=C1C(=O)[C@]23[C@H](O)[C@H]1C[C@H](O)[C@H]2[C@]12CCCC(C)(C)[C@H]1C[C@H]3O[C@@H]2OCCCn1cc(CN2C(=O)S/C(=C\c3ccc([N+](=O)[O-])cc3)C2=O)nn1. The Morgan fingerprint density at radius 2 is 1.94 bits per heavy atom. The number of imide groups is 1. The number of nitro groups is 1. The van der Waals surface area contributed by atoms with E-state index >= 15 is 0 Å². The van der Waals surface area contributed by atoms with Crippen LogP contribution in [0.4, 0.5) is 10.5 Å². The Labute approximate surface area is 298 Å². The number of non-ortho nitro benzene ring substituents is 1. The molecule has 7 aliphatic rings. The van der Waals surface area contributed by atoms with Crippen molar-refractivity contribution in [3.05, 3.63) is 68.9 Å². The van der Waals surface area contributed by atoms with Gasteiger partial charge < -0.3 is 19.7 Å². The number of hydrogen-bond donors (Lipinski definition) is 2. The van der Waals surface area contributed by atoms with Crippen LogP contribution < -0.4 is 0 Å². The molecule has 270 valence electrons. The Hall–Kier alpha value is -3.76. The van der Waals surface area contributed by atoms with Gasteiger partial charge in [0.15, 0.2) is 12.1 Å². The Morgan fingerprint density at radius 3 is 2.69 bits per heavy atom. The van der Waals surface area contributed by atoms with Crippen LogP contribution >= 0.6 is 11.8 Å². The van der Waals surface area contributed by atoms with Crippen LogP contribution in [0.15, 0.2) is 47.5 Å². The standard InChI is InChI=1S/C36H41N5O9S/c1-19-23-15-24(42)28-35-11-4-10-34(2,3)26(35)16-27(36(28,29(19)43)30(23)44)50-32(35)49-13-5-12-39-17-21(37-38-39)18-40-31(45)25(51-33(40)46)14-20-6-8-22(9-7-20)41(47)48/h6-9,14,17,23-24,26-28,30,32,42,44H,1,4-5,10-13,15-16,18H2,2-3H3/b25-14-/t23-,24-,26+,27+,28-,30+,32-,35-,36+/m0/s1. The molecule has 4 saturated carbocycles. The number of fused-ring (bicyclic) bond motifs is 2. The van der Waals surface area contributed by atoms with Crippen molar-refractivity contribution in [2.24, 2.45) is 34.0 Å². The summed E-state index contributed by atoms with van der Waals surface area (Å²) < 4.78 is 14.9. The van der Waals surface area contributed by atoms with Crippen LogP contribution in [-0.4, -0.2) is 83.2 Å². The van der Waals surface area contributed by atoms with Crippen LogP contribution in [0.1, 0.15) is 63.6 Å². The lowest BCUT2D eigenvalue weighted by Crippen LogP contribution is -2.78. The third-order valence-electron chi connectivity index (χ3n) is 12.7. The molecule has 0 unspecified atom stereocenters. The van der Waals surface area contributed by atoms with Crippen LogP contribution in [0.2, 0.25) is 0 Å². The van der Waals surface area contributed by atoms with Crippen LogP contribution in [0.25, 0.3) is 6.08 Å². The summed E-state index contributed by atoms with van der Waals surface area (Å²) in [6.07, 6.45) is 4.46. The van der Waals surface area contributed by atoms with E-state index in [1.54, 1.807) is 10.9 Å². The molecule has 2 spiro atoms. The molecule has 0 radical (unpaired) electrons. The highest BCUT2D eigenvalue weighted by Gasteiger charge is 2.81. The van der Waals surface area contributed by atoms with Crippen LogP contribution in [-0.2, 0) is 32.2 Å². The third kappa shape index (κ3) is 5.02. The number of thioether (sulfide) groups is 1. The zero-order valence-corrected chi connectivity index (χ0v) is 29.3. The van der Waals surface area contributed by atoms with Crippen molar-refractivity contribution >= 4 is 40.5 Å². The molecular weight excluding hydrogens is 678 g/mol. The first-order chi connectivity index (χ1) is 24.3. The fourth-order valence-electron chi connectivity index (χ4n) is 10.6. The zero-order valence-electron chi connectivity index (χ0n) is 28.5. The van der Waals surface area contributed by atoms with Gasteiger partial charge in [-0.1, -0.05) is 32.1 Å². The molecule has 2 amide bonds. The van der Waals surface area contributed by atoms with Crippen molar-refractivity contribution < 1.29 is 39.0 Å². The lowest BCUT2D eigenvalue weighted by molar-refractivity contribution is -0.402. The van der Waals surface area contributed by atoms with Crippen molar-refractivity contribution in [1.82, 2.24) is 19.9 Å². The van der Waals surface area contributed by atoms with Crippen LogP contribution in [0.3, 0.4) is 0 Å². The van der Waals surface area contributed by atoms with Crippen molar-refractivity contribution in [3.8, 4) is 0 Å². The van der Waals surface area contributed by atoms with Gasteiger partial charge >= 0.3 is 0 Å². The lowest BCUT2D eigenvalue weighted by atomic mass is 9.37. The third-order valence-corrected chi connectivity index (χ3v) is 13.6. The largest absolute Gasteiger partial charge is 0.393 e. The predicted molar refractivity (Wildman–Crippen MR) is 182 cm³/mol. The molecular formula is C36H41N5O9S. The average Bonchev–Trinajstić information content (AvgIpc) is 3.68. The number of benzene rings is 1. The molecule has 15 heteroatoms. The molecule has 4 aliphatic carbocycles. The number of amides is 2. The van der Waals surface area contributed by atoms with Gasteiger partial charge in [0, 0.05) is 35.9 Å². The average molecular weight is 720 g/mol. The van der Waals surface area contributed by atoms with E-state index < -0.39 is 63.3 Å². The van der Waals surface area contributed by atoms with E-state index in [4.69, 9.17) is 9.47 Å². The minimum Gasteiger partial charge on any atom is -0.393 e. The molecule has 51 heavy (non-hydrogen) atoms. The highest BCUT2D eigenvalue weighted by atomic mass is 32.2. The van der Waals surface area contributed by atoms with Gasteiger partial charge in [-0.3, -0.25) is 34.1 Å². The van der Waals surface area contributed by atoms with E-state index in [9.17, 15) is 34.7 Å². The molecule has 1 aromatic carbocycles. The predicted octanol–water partition coefficient (Wildman–Crippen LogP) is 4.25. The Balaban J connectivity index is 0.925. The van der Waals surface area contributed by atoms with Crippen molar-refractivity contribution in [1.29, 1.82) is 0 Å². The smallest absolute Gasteiger partial charge is 0.293 e. The number of aryl methyl sites for hydroxylation is 1. The molecule has 4 heterocycles. The molecule has 1 aromatic heterocycles. The molecule has 9 atom stereocenters. The van der Waals surface area contributed by atoms with E-state index in [1.807, 2.05) is 0 Å². The van der Waals surface area contributed by atoms with Crippen molar-refractivity contribution in [3.63, 3.8) is 0 Å². The molecule has 3 aliphatic heterocycles. The monoisotopic (exact) mass is 719 g/mol. The van der Waals surface area contributed by atoms with Gasteiger partial charge in [-0.25, -0.2) is 0 Å². The van der Waals surface area contributed by atoms with E-state index in [-0.39, 0.29) is 34.3 Å². The second-order valence-corrected chi connectivity index (χ2v) is 16.6. The highest BCUT2D eigenvalue weighted by molar-refractivity contribution is 8.18. The second-order valence-electron chi connectivity index (χ2n) is 15.6. The Morgan fingerprint density at radius 1 is 1.18 bits per heavy atom. The Kier molecular flexibility index (Phi) is 8.18. The maximum Gasteiger partial charge on any atom is 0.293 e. The number of aromatic nitrogens is 3. The van der Waals surface area contributed by atoms with Crippen molar-refractivity contribution in [2.75, 3.05) is 6.61 Å². The van der Waals surface area contributed by atoms with E-state index in [2.05, 4.69) is 30.7 Å². The number of carbonyl (C=O) groups is 3. The number of rotatable bonds is 9. The first-order valence-corrected chi connectivity index (χ1v) is 18.4. The normalized spacial score (nSPS) is 37.3. The molecule has 7 fully saturated rings. The summed E-state index contributed by atoms with van der Waals surface area (Å²) in [6.45, 7) is 9.28. The molecule has 4 bridgehead atoms. The molecule has 3 saturated heterocycles. The van der Waals surface area contributed by atoms with Gasteiger partial charge in [0.25, 0.3) is 16.8 Å². The van der Waals surface area contributed by atoms with E-state index in [0.717, 1.165) is 35.9 Å². The molecule has 14 nitrogen and oxygen atoms in total. The number of nitrogens with zero attached hydrogens (tertiary/aromatic N) is 5. The fraction of sp³-hybridized carbons (Fsp3) is 0.583. The topological polar surface area (TPSA) is 187 Å². The number of aliphatic hydroxyl groups is 2. The highest BCUT2D eigenvalue weighted by Crippen LogP contribution is 2.75. The van der Waals surface area contributed by atoms with Gasteiger partial charge in [-0.2, -0.15) is 0 Å².